The van der Waals surface area contributed by atoms with Gasteiger partial charge >= 0.3 is 5.76 Å². The van der Waals surface area contributed by atoms with Gasteiger partial charge in [0.25, 0.3) is 0 Å². The van der Waals surface area contributed by atoms with Gasteiger partial charge in [0.2, 0.25) is 0 Å². The number of aryl methyl sites for hydroxylation is 1. The lowest BCUT2D eigenvalue weighted by Gasteiger charge is -2.02. The van der Waals surface area contributed by atoms with E-state index < -0.39 is 5.76 Å². The lowest BCUT2D eigenvalue weighted by molar-refractivity contribution is 0.374. The average molecular weight is 303 g/mol. The molecule has 0 radical (unpaired) electrons. The molecular formula is C14H14FN5O2. The predicted octanol–water partition coefficient (Wildman–Crippen LogP) is 1.29. The van der Waals surface area contributed by atoms with Crippen molar-refractivity contribution in [2.45, 2.75) is 26.3 Å². The number of benzene rings is 1. The first-order valence-corrected chi connectivity index (χ1v) is 6.85. The lowest BCUT2D eigenvalue weighted by atomic mass is 10.1. The molecule has 0 aliphatic rings. The maximum atomic E-state index is 12.9. The van der Waals surface area contributed by atoms with E-state index in [1.807, 2.05) is 6.92 Å². The van der Waals surface area contributed by atoms with E-state index in [-0.39, 0.29) is 12.4 Å². The number of rotatable bonds is 5. The topological polar surface area (TPSA) is 89.6 Å². The molecule has 2 aromatic heterocycles. The first-order valence-electron chi connectivity index (χ1n) is 6.85. The Hall–Kier alpha value is -2.77. The Labute approximate surface area is 124 Å². The number of halogens is 1. The summed E-state index contributed by atoms with van der Waals surface area (Å²) in [6.45, 7) is 2.14. The van der Waals surface area contributed by atoms with Gasteiger partial charge < -0.3 is 0 Å². The minimum Gasteiger partial charge on any atom is -0.296 e. The minimum atomic E-state index is -0.563. The van der Waals surface area contributed by atoms with Crippen LogP contribution in [0, 0.1) is 5.82 Å². The van der Waals surface area contributed by atoms with Crippen LogP contribution in [0.5, 0.6) is 0 Å². The molecule has 0 amide bonds. The molecule has 0 fully saturated rings. The standard InChI is InChI=1S/C14H14FN5O2/c1-2-11-16-12(18-17-11)8-20-13(19-22-14(20)21)7-9-3-5-10(15)6-4-9/h3-6H,2,7-8H2,1H3,(H,16,17,18). The Morgan fingerprint density at radius 2 is 2.09 bits per heavy atom. The molecule has 7 nitrogen and oxygen atoms in total. The van der Waals surface area contributed by atoms with Crippen LogP contribution in [0.3, 0.4) is 0 Å². The van der Waals surface area contributed by atoms with E-state index in [1.165, 1.54) is 16.7 Å². The van der Waals surface area contributed by atoms with E-state index in [1.54, 1.807) is 12.1 Å². The molecule has 0 saturated carbocycles. The second-order valence-electron chi connectivity index (χ2n) is 4.81. The molecule has 0 bridgehead atoms. The van der Waals surface area contributed by atoms with Gasteiger partial charge in [0.15, 0.2) is 11.6 Å². The molecule has 2 heterocycles. The molecule has 3 aromatic rings. The van der Waals surface area contributed by atoms with Crippen LogP contribution in [-0.4, -0.2) is 24.9 Å². The molecule has 0 saturated heterocycles. The molecule has 114 valence electrons. The van der Waals surface area contributed by atoms with Crippen molar-refractivity contribution in [2.24, 2.45) is 0 Å². The number of nitrogens with one attached hydrogen (secondary N) is 1. The smallest absolute Gasteiger partial charge is 0.296 e. The molecule has 0 unspecified atom stereocenters. The van der Waals surface area contributed by atoms with Crippen molar-refractivity contribution in [3.8, 4) is 0 Å². The van der Waals surface area contributed by atoms with Crippen molar-refractivity contribution in [1.29, 1.82) is 0 Å². The molecule has 0 aliphatic heterocycles. The van der Waals surface area contributed by atoms with Crippen LogP contribution in [0.15, 0.2) is 33.6 Å². The fourth-order valence-corrected chi connectivity index (χ4v) is 2.08. The summed E-state index contributed by atoms with van der Waals surface area (Å²) in [6, 6.07) is 6.01. The monoisotopic (exact) mass is 303 g/mol. The van der Waals surface area contributed by atoms with Crippen molar-refractivity contribution in [1.82, 2.24) is 24.9 Å². The number of hydrogen-bond acceptors (Lipinski definition) is 5. The second kappa shape index (κ2) is 5.92. The number of aromatic amines is 1. The molecule has 0 spiro atoms. The summed E-state index contributed by atoms with van der Waals surface area (Å²) in [6.07, 6.45) is 1.07. The summed E-state index contributed by atoms with van der Waals surface area (Å²) in [5.74, 6) is 0.815. The summed E-state index contributed by atoms with van der Waals surface area (Å²) < 4.78 is 19.0. The molecule has 0 aliphatic carbocycles. The number of H-pyrrole nitrogens is 1. The van der Waals surface area contributed by atoms with Crippen molar-refractivity contribution >= 4 is 0 Å². The Kier molecular flexibility index (Phi) is 3.82. The highest BCUT2D eigenvalue weighted by atomic mass is 19.1. The van der Waals surface area contributed by atoms with E-state index >= 15 is 0 Å². The van der Waals surface area contributed by atoms with Gasteiger partial charge in [0, 0.05) is 12.8 Å². The highest BCUT2D eigenvalue weighted by molar-refractivity contribution is 5.19. The first kappa shape index (κ1) is 14.2. The van der Waals surface area contributed by atoms with Crippen molar-refractivity contribution in [3.05, 3.63) is 63.7 Å². The van der Waals surface area contributed by atoms with E-state index in [4.69, 9.17) is 4.52 Å². The summed E-state index contributed by atoms with van der Waals surface area (Å²) in [7, 11) is 0. The number of aromatic nitrogens is 5. The molecule has 0 atom stereocenters. The Balaban J connectivity index is 1.84. The molecular weight excluding hydrogens is 289 g/mol. The quantitative estimate of drug-likeness (QED) is 0.767. The van der Waals surface area contributed by atoms with Crippen molar-refractivity contribution < 1.29 is 8.91 Å². The van der Waals surface area contributed by atoms with Crippen LogP contribution >= 0.6 is 0 Å². The molecule has 1 aromatic carbocycles. The summed E-state index contributed by atoms with van der Waals surface area (Å²) in [5.41, 5.74) is 0.829. The molecule has 22 heavy (non-hydrogen) atoms. The third-order valence-corrected chi connectivity index (χ3v) is 3.24. The normalized spacial score (nSPS) is 11.0. The van der Waals surface area contributed by atoms with E-state index in [9.17, 15) is 9.18 Å². The first-order chi connectivity index (χ1) is 10.7. The highest BCUT2D eigenvalue weighted by Gasteiger charge is 2.13. The third-order valence-electron chi connectivity index (χ3n) is 3.24. The molecule has 3 rings (SSSR count). The Morgan fingerprint density at radius 1 is 1.32 bits per heavy atom. The van der Waals surface area contributed by atoms with Crippen molar-refractivity contribution in [3.63, 3.8) is 0 Å². The zero-order valence-electron chi connectivity index (χ0n) is 11.9. The summed E-state index contributed by atoms with van der Waals surface area (Å²) in [5, 5.41) is 10.6. The van der Waals surface area contributed by atoms with Gasteiger partial charge in [-0.25, -0.2) is 14.2 Å². The fraction of sp³-hybridized carbons (Fsp3) is 0.286. The van der Waals surface area contributed by atoms with E-state index in [0.717, 1.165) is 5.56 Å². The zero-order chi connectivity index (χ0) is 15.5. The molecule has 1 N–H and O–H groups in total. The minimum absolute atomic E-state index is 0.200. The largest absolute Gasteiger partial charge is 0.442 e. The Bertz CT molecular complexity index is 818. The van der Waals surface area contributed by atoms with Gasteiger partial charge in [0.1, 0.15) is 11.6 Å². The van der Waals surface area contributed by atoms with Crippen LogP contribution < -0.4 is 5.76 Å². The van der Waals surface area contributed by atoms with Gasteiger partial charge in [-0.3, -0.25) is 14.2 Å². The lowest BCUT2D eigenvalue weighted by Crippen LogP contribution is -2.19. The average Bonchev–Trinajstić information content (AvgIpc) is 3.11. The molecule has 8 heteroatoms. The predicted molar refractivity (Wildman–Crippen MR) is 74.8 cm³/mol. The van der Waals surface area contributed by atoms with Crippen LogP contribution in [0.2, 0.25) is 0 Å². The summed E-state index contributed by atoms with van der Waals surface area (Å²) in [4.78, 5) is 16.0. The van der Waals surface area contributed by atoms with Gasteiger partial charge in [-0.05, 0) is 17.7 Å². The number of nitrogens with zero attached hydrogens (tertiary/aromatic N) is 4. The van der Waals surface area contributed by atoms with Crippen LogP contribution in [-0.2, 0) is 19.4 Å². The van der Waals surface area contributed by atoms with Crippen LogP contribution in [0.1, 0.15) is 30.0 Å². The fourth-order valence-electron chi connectivity index (χ4n) is 2.08. The van der Waals surface area contributed by atoms with E-state index in [0.29, 0.717) is 30.3 Å². The van der Waals surface area contributed by atoms with Gasteiger partial charge in [-0.1, -0.05) is 24.2 Å². The van der Waals surface area contributed by atoms with Crippen LogP contribution in [0.4, 0.5) is 4.39 Å². The second-order valence-corrected chi connectivity index (χ2v) is 4.81. The Morgan fingerprint density at radius 3 is 2.77 bits per heavy atom. The maximum absolute atomic E-state index is 12.9. The maximum Gasteiger partial charge on any atom is 0.442 e. The van der Waals surface area contributed by atoms with Crippen LogP contribution in [0.25, 0.3) is 0 Å². The zero-order valence-corrected chi connectivity index (χ0v) is 11.9. The van der Waals surface area contributed by atoms with Crippen molar-refractivity contribution in [2.75, 3.05) is 0 Å². The number of hydrogen-bond donors (Lipinski definition) is 1. The summed E-state index contributed by atoms with van der Waals surface area (Å²) >= 11 is 0. The van der Waals surface area contributed by atoms with Gasteiger partial charge in [-0.2, -0.15) is 5.10 Å². The highest BCUT2D eigenvalue weighted by Crippen LogP contribution is 2.09. The van der Waals surface area contributed by atoms with Gasteiger partial charge in [-0.15, -0.1) is 0 Å². The van der Waals surface area contributed by atoms with Gasteiger partial charge in [0.05, 0.1) is 6.54 Å². The third kappa shape index (κ3) is 2.95. The van der Waals surface area contributed by atoms with E-state index in [2.05, 4.69) is 20.3 Å². The SMILES string of the molecule is CCc1n[nH]c(Cn2c(Cc3ccc(F)cc3)noc2=O)n1.